The van der Waals surface area contributed by atoms with E-state index in [4.69, 9.17) is 11.6 Å². The fourth-order valence-corrected chi connectivity index (χ4v) is 4.35. The molecule has 0 spiro atoms. The molecule has 36 heavy (non-hydrogen) atoms. The molecule has 0 saturated heterocycles. The highest BCUT2D eigenvalue weighted by molar-refractivity contribution is 6.31. The molecule has 4 nitrogen and oxygen atoms in total. The van der Waals surface area contributed by atoms with Gasteiger partial charge in [-0.05, 0) is 28.3 Å². The zero-order chi connectivity index (χ0) is 25.2. The van der Waals surface area contributed by atoms with Gasteiger partial charge in [0.2, 0.25) is 11.8 Å². The number of carbonyl (C=O) groups excluding carboxylic acids is 2. The summed E-state index contributed by atoms with van der Waals surface area (Å²) in [4.78, 5) is 29.1. The molecule has 0 aliphatic rings. The second kappa shape index (κ2) is 12.7. The molecule has 182 valence electrons. The van der Waals surface area contributed by atoms with Gasteiger partial charge in [-0.1, -0.05) is 121 Å². The zero-order valence-electron chi connectivity index (χ0n) is 20.0. The van der Waals surface area contributed by atoms with Crippen LogP contribution in [0.5, 0.6) is 0 Å². The molecular weight excluding hydrogens is 468 g/mol. The Balaban J connectivity index is 1.63. The lowest BCUT2D eigenvalue weighted by molar-refractivity contribution is -0.140. The van der Waals surface area contributed by atoms with Crippen molar-refractivity contribution in [1.29, 1.82) is 0 Å². The zero-order valence-corrected chi connectivity index (χ0v) is 20.8. The highest BCUT2D eigenvalue weighted by Crippen LogP contribution is 2.18. The first kappa shape index (κ1) is 25.2. The smallest absolute Gasteiger partial charge is 0.243 e. The van der Waals surface area contributed by atoms with Crippen LogP contribution in [-0.2, 0) is 35.5 Å². The Morgan fingerprint density at radius 2 is 1.22 bits per heavy atom. The quantitative estimate of drug-likeness (QED) is 0.300. The van der Waals surface area contributed by atoms with Gasteiger partial charge < -0.3 is 10.2 Å². The van der Waals surface area contributed by atoms with Crippen LogP contribution in [-0.4, -0.2) is 22.8 Å². The van der Waals surface area contributed by atoms with Crippen LogP contribution in [0.2, 0.25) is 5.02 Å². The SMILES string of the molecule is O=C(NCc1ccccc1Cl)[C@H](Cc1ccccc1)N(Cc1ccccc1)C(=O)Cc1ccccc1. The molecule has 0 heterocycles. The third kappa shape index (κ3) is 7.06. The van der Waals surface area contributed by atoms with E-state index in [2.05, 4.69) is 5.32 Å². The van der Waals surface area contributed by atoms with Gasteiger partial charge in [0.15, 0.2) is 0 Å². The molecule has 0 aliphatic carbocycles. The highest BCUT2D eigenvalue weighted by atomic mass is 35.5. The van der Waals surface area contributed by atoms with Crippen LogP contribution in [0.1, 0.15) is 22.3 Å². The topological polar surface area (TPSA) is 49.4 Å². The summed E-state index contributed by atoms with van der Waals surface area (Å²) in [5.41, 5.74) is 3.70. The van der Waals surface area contributed by atoms with Gasteiger partial charge in [0, 0.05) is 24.5 Å². The largest absolute Gasteiger partial charge is 0.350 e. The number of amides is 2. The Morgan fingerprint density at radius 1 is 0.694 bits per heavy atom. The number of benzene rings is 4. The maximum absolute atomic E-state index is 13.7. The number of carbonyl (C=O) groups is 2. The average molecular weight is 497 g/mol. The van der Waals surface area contributed by atoms with Crippen LogP contribution >= 0.6 is 11.6 Å². The lowest BCUT2D eigenvalue weighted by Gasteiger charge is -2.32. The van der Waals surface area contributed by atoms with Crippen LogP contribution in [0.15, 0.2) is 115 Å². The van der Waals surface area contributed by atoms with Gasteiger partial charge in [0.25, 0.3) is 0 Å². The van der Waals surface area contributed by atoms with Crippen LogP contribution in [0.3, 0.4) is 0 Å². The monoisotopic (exact) mass is 496 g/mol. The second-order valence-corrected chi connectivity index (χ2v) is 9.09. The Morgan fingerprint density at radius 3 is 1.83 bits per heavy atom. The number of nitrogens with zero attached hydrogens (tertiary/aromatic N) is 1. The van der Waals surface area contributed by atoms with Crippen molar-refractivity contribution in [2.45, 2.75) is 32.0 Å². The predicted octanol–water partition coefficient (Wildman–Crippen LogP) is 5.84. The molecule has 5 heteroatoms. The molecule has 4 rings (SSSR count). The molecule has 4 aromatic carbocycles. The van der Waals surface area contributed by atoms with Gasteiger partial charge in [-0.25, -0.2) is 0 Å². The van der Waals surface area contributed by atoms with Crippen molar-refractivity contribution in [2.75, 3.05) is 0 Å². The van der Waals surface area contributed by atoms with Gasteiger partial charge in [-0.3, -0.25) is 9.59 Å². The molecule has 0 fully saturated rings. The van der Waals surface area contributed by atoms with E-state index >= 15 is 0 Å². The third-order valence-electron chi connectivity index (χ3n) is 6.08. The molecule has 0 radical (unpaired) electrons. The summed E-state index contributed by atoms with van der Waals surface area (Å²) in [6, 6.07) is 36.0. The molecular formula is C31H29ClN2O2. The average Bonchev–Trinajstić information content (AvgIpc) is 2.91. The molecule has 0 aromatic heterocycles. The molecule has 0 unspecified atom stereocenters. The highest BCUT2D eigenvalue weighted by Gasteiger charge is 2.30. The summed E-state index contributed by atoms with van der Waals surface area (Å²) in [5, 5.41) is 3.62. The molecule has 0 bridgehead atoms. The van der Waals surface area contributed by atoms with Gasteiger partial charge in [0.05, 0.1) is 6.42 Å². The third-order valence-corrected chi connectivity index (χ3v) is 6.44. The maximum atomic E-state index is 13.7. The Kier molecular flexibility index (Phi) is 8.90. The van der Waals surface area contributed by atoms with E-state index in [-0.39, 0.29) is 24.8 Å². The lowest BCUT2D eigenvalue weighted by Crippen LogP contribution is -2.50. The fourth-order valence-electron chi connectivity index (χ4n) is 4.15. The summed E-state index contributed by atoms with van der Waals surface area (Å²) < 4.78 is 0. The van der Waals surface area contributed by atoms with E-state index < -0.39 is 6.04 Å². The van der Waals surface area contributed by atoms with Crippen molar-refractivity contribution in [3.63, 3.8) is 0 Å². The van der Waals surface area contributed by atoms with Crippen LogP contribution in [0, 0.1) is 0 Å². The molecule has 1 atom stereocenters. The molecule has 1 N–H and O–H groups in total. The van der Waals surface area contributed by atoms with Crippen molar-refractivity contribution in [2.24, 2.45) is 0 Å². The maximum Gasteiger partial charge on any atom is 0.243 e. The van der Waals surface area contributed by atoms with Crippen molar-refractivity contribution >= 4 is 23.4 Å². The van der Waals surface area contributed by atoms with E-state index in [1.165, 1.54) is 0 Å². The van der Waals surface area contributed by atoms with E-state index in [1.807, 2.05) is 109 Å². The van der Waals surface area contributed by atoms with Crippen molar-refractivity contribution in [1.82, 2.24) is 10.2 Å². The molecule has 0 aliphatic heterocycles. The number of halogens is 1. The lowest BCUT2D eigenvalue weighted by atomic mass is 10.0. The van der Waals surface area contributed by atoms with Gasteiger partial charge in [0.1, 0.15) is 6.04 Å². The molecule has 4 aromatic rings. The van der Waals surface area contributed by atoms with E-state index in [0.29, 0.717) is 18.0 Å². The normalized spacial score (nSPS) is 11.5. The van der Waals surface area contributed by atoms with E-state index in [0.717, 1.165) is 22.3 Å². The number of hydrogen-bond donors (Lipinski definition) is 1. The first-order valence-corrected chi connectivity index (χ1v) is 12.4. The second-order valence-electron chi connectivity index (χ2n) is 8.68. The van der Waals surface area contributed by atoms with Gasteiger partial charge in [-0.15, -0.1) is 0 Å². The van der Waals surface area contributed by atoms with Crippen LogP contribution in [0.25, 0.3) is 0 Å². The molecule has 0 saturated carbocycles. The summed E-state index contributed by atoms with van der Waals surface area (Å²) in [5.74, 6) is -0.310. The minimum Gasteiger partial charge on any atom is -0.350 e. The summed E-state index contributed by atoms with van der Waals surface area (Å²) in [7, 11) is 0. The number of nitrogens with one attached hydrogen (secondary N) is 1. The van der Waals surface area contributed by atoms with Gasteiger partial charge >= 0.3 is 0 Å². The number of rotatable bonds is 10. The van der Waals surface area contributed by atoms with Crippen LogP contribution in [0.4, 0.5) is 0 Å². The van der Waals surface area contributed by atoms with E-state index in [9.17, 15) is 9.59 Å². The van der Waals surface area contributed by atoms with Crippen LogP contribution < -0.4 is 5.32 Å². The first-order chi connectivity index (χ1) is 17.6. The summed E-state index contributed by atoms with van der Waals surface area (Å²) in [6.45, 7) is 0.624. The molecule has 2 amide bonds. The Bertz CT molecular complexity index is 1260. The van der Waals surface area contributed by atoms with Crippen molar-refractivity contribution in [3.8, 4) is 0 Å². The Hall–Kier alpha value is -3.89. The van der Waals surface area contributed by atoms with Crippen molar-refractivity contribution < 1.29 is 9.59 Å². The minimum absolute atomic E-state index is 0.0983. The summed E-state index contributed by atoms with van der Waals surface area (Å²) in [6.07, 6.45) is 0.624. The fraction of sp³-hybridized carbons (Fsp3) is 0.161. The summed E-state index contributed by atoms with van der Waals surface area (Å²) >= 11 is 6.31. The Labute approximate surface area is 217 Å². The standard InChI is InChI=1S/C31H29ClN2O2/c32-28-19-11-10-18-27(28)22-33-31(36)29(20-24-12-4-1-5-13-24)34(23-26-16-8-3-9-17-26)30(35)21-25-14-6-2-7-15-25/h1-19,29H,20-23H2,(H,33,36)/t29-/m0/s1. The number of hydrogen-bond acceptors (Lipinski definition) is 2. The first-order valence-electron chi connectivity index (χ1n) is 12.0. The van der Waals surface area contributed by atoms with Crippen molar-refractivity contribution in [3.05, 3.63) is 143 Å². The minimum atomic E-state index is -0.689. The van der Waals surface area contributed by atoms with E-state index in [1.54, 1.807) is 11.0 Å². The predicted molar refractivity (Wildman–Crippen MR) is 144 cm³/mol. The van der Waals surface area contributed by atoms with Gasteiger partial charge in [-0.2, -0.15) is 0 Å².